The van der Waals surface area contributed by atoms with Crippen molar-refractivity contribution in [3.05, 3.63) is 35.1 Å². The fourth-order valence-corrected chi connectivity index (χ4v) is 2.00. The SMILES string of the molecule is O=C(NCc1cccc(C(F)(F)F)c1F)[C@@H]1CCOC1. The lowest BCUT2D eigenvalue weighted by Crippen LogP contribution is -2.31. The van der Waals surface area contributed by atoms with E-state index in [2.05, 4.69) is 5.32 Å². The second-order valence-corrected chi connectivity index (χ2v) is 4.55. The zero-order valence-corrected chi connectivity index (χ0v) is 10.5. The van der Waals surface area contributed by atoms with Gasteiger partial charge in [0.1, 0.15) is 5.82 Å². The Morgan fingerprint density at radius 2 is 2.15 bits per heavy atom. The van der Waals surface area contributed by atoms with Crippen LogP contribution in [0.25, 0.3) is 0 Å². The molecule has 0 aliphatic carbocycles. The van der Waals surface area contributed by atoms with Crippen molar-refractivity contribution in [2.45, 2.75) is 19.1 Å². The van der Waals surface area contributed by atoms with Gasteiger partial charge in [-0.3, -0.25) is 4.79 Å². The van der Waals surface area contributed by atoms with E-state index in [0.29, 0.717) is 19.1 Å². The summed E-state index contributed by atoms with van der Waals surface area (Å²) in [4.78, 5) is 11.7. The molecule has 20 heavy (non-hydrogen) atoms. The molecule has 0 radical (unpaired) electrons. The summed E-state index contributed by atoms with van der Waals surface area (Å²) in [5, 5.41) is 2.43. The summed E-state index contributed by atoms with van der Waals surface area (Å²) in [6, 6.07) is 3.01. The minimum atomic E-state index is -4.75. The standard InChI is InChI=1S/C13H13F4NO2/c14-11-8(2-1-3-10(11)13(15,16)17)6-18-12(19)9-4-5-20-7-9/h1-3,9H,4-7H2,(H,18,19)/t9-/m1/s1. The highest BCUT2D eigenvalue weighted by molar-refractivity contribution is 5.78. The Bertz CT molecular complexity index is 496. The number of rotatable bonds is 3. The number of ether oxygens (including phenoxy) is 1. The molecule has 0 aromatic heterocycles. The van der Waals surface area contributed by atoms with Crippen molar-refractivity contribution in [1.82, 2.24) is 5.32 Å². The number of amides is 1. The maximum atomic E-state index is 13.7. The van der Waals surface area contributed by atoms with Crippen LogP contribution in [0.15, 0.2) is 18.2 Å². The van der Waals surface area contributed by atoms with Crippen LogP contribution in [0, 0.1) is 11.7 Å². The van der Waals surface area contributed by atoms with E-state index in [9.17, 15) is 22.4 Å². The van der Waals surface area contributed by atoms with Gasteiger partial charge in [0.05, 0.1) is 18.1 Å². The highest BCUT2D eigenvalue weighted by Gasteiger charge is 2.34. The Morgan fingerprint density at radius 3 is 2.75 bits per heavy atom. The Balaban J connectivity index is 2.04. The summed E-state index contributed by atoms with van der Waals surface area (Å²) in [6.07, 6.45) is -4.18. The van der Waals surface area contributed by atoms with Crippen LogP contribution in [0.2, 0.25) is 0 Å². The summed E-state index contributed by atoms with van der Waals surface area (Å²) in [5.41, 5.74) is -1.51. The zero-order chi connectivity index (χ0) is 14.8. The molecule has 1 heterocycles. The third kappa shape index (κ3) is 3.27. The average Bonchev–Trinajstić information content (AvgIpc) is 2.89. The Labute approximate surface area is 112 Å². The normalized spacial score (nSPS) is 19.1. The maximum Gasteiger partial charge on any atom is 0.419 e. The van der Waals surface area contributed by atoms with Gasteiger partial charge in [-0.15, -0.1) is 0 Å². The van der Waals surface area contributed by atoms with Crippen molar-refractivity contribution < 1.29 is 27.1 Å². The van der Waals surface area contributed by atoms with E-state index in [1.165, 1.54) is 6.07 Å². The molecule has 3 nitrogen and oxygen atoms in total. The molecule has 0 saturated carbocycles. The van der Waals surface area contributed by atoms with Crippen LogP contribution in [0.1, 0.15) is 17.5 Å². The molecule has 0 bridgehead atoms. The molecule has 1 aromatic carbocycles. The molecule has 1 fully saturated rings. The molecule has 1 aliphatic rings. The van der Waals surface area contributed by atoms with Crippen molar-refractivity contribution in [3.8, 4) is 0 Å². The van der Waals surface area contributed by atoms with Crippen LogP contribution in [-0.2, 0) is 22.3 Å². The van der Waals surface area contributed by atoms with Gasteiger partial charge < -0.3 is 10.1 Å². The fraction of sp³-hybridized carbons (Fsp3) is 0.462. The minimum absolute atomic E-state index is 0.188. The van der Waals surface area contributed by atoms with E-state index in [1.807, 2.05) is 0 Å². The van der Waals surface area contributed by atoms with E-state index in [0.717, 1.165) is 6.07 Å². The summed E-state index contributed by atoms with van der Waals surface area (Å²) < 4.78 is 56.3. The molecule has 7 heteroatoms. The lowest BCUT2D eigenvalue weighted by molar-refractivity contribution is -0.140. The van der Waals surface area contributed by atoms with Gasteiger partial charge in [0.25, 0.3) is 0 Å². The lowest BCUT2D eigenvalue weighted by Gasteiger charge is -2.13. The van der Waals surface area contributed by atoms with Crippen molar-refractivity contribution in [3.63, 3.8) is 0 Å². The lowest BCUT2D eigenvalue weighted by atomic mass is 10.1. The van der Waals surface area contributed by atoms with Crippen molar-refractivity contribution >= 4 is 5.91 Å². The third-order valence-corrected chi connectivity index (χ3v) is 3.14. The predicted molar refractivity (Wildman–Crippen MR) is 62.2 cm³/mol. The Kier molecular flexibility index (Phi) is 4.27. The van der Waals surface area contributed by atoms with Crippen LogP contribution in [0.4, 0.5) is 17.6 Å². The molecule has 2 rings (SSSR count). The maximum absolute atomic E-state index is 13.7. The first-order chi connectivity index (χ1) is 9.39. The number of halogens is 4. The summed E-state index contributed by atoms with van der Waals surface area (Å²) >= 11 is 0. The second kappa shape index (κ2) is 5.78. The second-order valence-electron chi connectivity index (χ2n) is 4.55. The molecule has 0 spiro atoms. The quantitative estimate of drug-likeness (QED) is 0.869. The molecular formula is C13H13F4NO2. The number of hydrogen-bond donors (Lipinski definition) is 1. The zero-order valence-electron chi connectivity index (χ0n) is 10.5. The molecule has 1 aliphatic heterocycles. The topological polar surface area (TPSA) is 38.3 Å². The van der Waals surface area contributed by atoms with Crippen molar-refractivity contribution in [2.75, 3.05) is 13.2 Å². The molecule has 1 aromatic rings. The highest BCUT2D eigenvalue weighted by Crippen LogP contribution is 2.32. The number of benzene rings is 1. The monoisotopic (exact) mass is 291 g/mol. The first kappa shape index (κ1) is 14.8. The molecular weight excluding hydrogens is 278 g/mol. The Morgan fingerprint density at radius 1 is 1.40 bits per heavy atom. The molecule has 110 valence electrons. The van der Waals surface area contributed by atoms with E-state index in [1.54, 1.807) is 0 Å². The number of alkyl halides is 3. The molecule has 1 amide bonds. The molecule has 1 saturated heterocycles. The van der Waals surface area contributed by atoms with E-state index >= 15 is 0 Å². The number of hydrogen-bond acceptors (Lipinski definition) is 2. The van der Waals surface area contributed by atoms with Crippen molar-refractivity contribution in [2.24, 2.45) is 5.92 Å². The summed E-state index contributed by atoms with van der Waals surface area (Å²) in [5.74, 6) is -1.99. The molecule has 0 unspecified atom stereocenters. The van der Waals surface area contributed by atoms with Crippen LogP contribution in [0.3, 0.4) is 0 Å². The first-order valence-corrected chi connectivity index (χ1v) is 6.09. The largest absolute Gasteiger partial charge is 0.419 e. The van der Waals surface area contributed by atoms with Crippen LogP contribution < -0.4 is 5.32 Å². The first-order valence-electron chi connectivity index (χ1n) is 6.09. The van der Waals surface area contributed by atoms with E-state index < -0.39 is 17.6 Å². The van der Waals surface area contributed by atoms with Crippen molar-refractivity contribution in [1.29, 1.82) is 0 Å². The number of nitrogens with one attached hydrogen (secondary N) is 1. The third-order valence-electron chi connectivity index (χ3n) is 3.14. The van der Waals surface area contributed by atoms with Crippen LogP contribution in [-0.4, -0.2) is 19.1 Å². The average molecular weight is 291 g/mol. The van der Waals surface area contributed by atoms with Gasteiger partial charge in [-0.05, 0) is 12.5 Å². The van der Waals surface area contributed by atoms with Gasteiger partial charge in [0.2, 0.25) is 5.91 Å². The highest BCUT2D eigenvalue weighted by atomic mass is 19.4. The van der Waals surface area contributed by atoms with Gasteiger partial charge in [-0.1, -0.05) is 12.1 Å². The predicted octanol–water partition coefficient (Wildman–Crippen LogP) is 2.50. The van der Waals surface area contributed by atoms with E-state index in [4.69, 9.17) is 4.74 Å². The summed E-state index contributed by atoms with van der Waals surface area (Å²) in [6.45, 7) is 0.498. The van der Waals surface area contributed by atoms with E-state index in [-0.39, 0.29) is 30.5 Å². The van der Waals surface area contributed by atoms with Gasteiger partial charge in [-0.2, -0.15) is 13.2 Å². The Hall–Kier alpha value is -1.63. The van der Waals surface area contributed by atoms with Gasteiger partial charge >= 0.3 is 6.18 Å². The van der Waals surface area contributed by atoms with Gasteiger partial charge in [0, 0.05) is 18.7 Å². The van der Waals surface area contributed by atoms with Gasteiger partial charge in [0.15, 0.2) is 0 Å². The number of carbonyl (C=O) groups excluding carboxylic acids is 1. The van der Waals surface area contributed by atoms with Crippen LogP contribution >= 0.6 is 0 Å². The molecule has 1 atom stereocenters. The minimum Gasteiger partial charge on any atom is -0.381 e. The number of carbonyl (C=O) groups is 1. The summed E-state index contributed by atoms with van der Waals surface area (Å²) in [7, 11) is 0. The smallest absolute Gasteiger partial charge is 0.381 e. The van der Waals surface area contributed by atoms with Gasteiger partial charge in [-0.25, -0.2) is 4.39 Å². The fourth-order valence-electron chi connectivity index (χ4n) is 2.00. The van der Waals surface area contributed by atoms with Crippen LogP contribution in [0.5, 0.6) is 0 Å². The molecule has 1 N–H and O–H groups in total.